The first-order valence-corrected chi connectivity index (χ1v) is 22.6. The molecule has 0 saturated carbocycles. The fourth-order valence-corrected chi connectivity index (χ4v) is 7.35. The van der Waals surface area contributed by atoms with Crippen LogP contribution in [0, 0.1) is 5.92 Å². The Balaban J connectivity index is 1.41. The first-order chi connectivity index (χ1) is 32.5. The van der Waals surface area contributed by atoms with E-state index < -0.39 is 113 Å². The number of fused-ring (bicyclic) bond motifs is 1. The van der Waals surface area contributed by atoms with Crippen molar-refractivity contribution in [3.8, 4) is 0 Å². The van der Waals surface area contributed by atoms with Gasteiger partial charge in [-0.1, -0.05) is 38.1 Å². The Labute approximate surface area is 395 Å². The van der Waals surface area contributed by atoms with Gasteiger partial charge in [0.15, 0.2) is 0 Å². The van der Waals surface area contributed by atoms with Crippen LogP contribution in [0.1, 0.15) is 49.9 Å². The molecule has 0 heterocycles. The van der Waals surface area contributed by atoms with Gasteiger partial charge in [0.25, 0.3) is 16.0 Å². The molecule has 5 amide bonds. The minimum atomic E-state index is -4.54. The molecule has 4 rings (SSSR count). The summed E-state index contributed by atoms with van der Waals surface area (Å²) in [5.41, 5.74) is 2.35. The van der Waals surface area contributed by atoms with Crippen molar-refractivity contribution < 1.29 is 66.6 Å². The van der Waals surface area contributed by atoms with Crippen LogP contribution in [0.5, 0.6) is 0 Å². The van der Waals surface area contributed by atoms with Crippen LogP contribution in [-0.4, -0.2) is 127 Å². The number of nitrogens with one attached hydrogen (secondary N) is 6. The molecule has 23 nitrogen and oxygen atoms in total. The fourth-order valence-electron chi connectivity index (χ4n) is 6.65. The monoisotopic (exact) mass is 975 g/mol. The molecule has 0 spiro atoms. The number of carboxylic acids is 3. The van der Waals surface area contributed by atoms with Crippen LogP contribution < -0.4 is 36.8 Å². The van der Waals surface area contributed by atoms with Gasteiger partial charge in [-0.2, -0.15) is 18.6 Å². The van der Waals surface area contributed by atoms with Gasteiger partial charge in [0.2, 0.25) is 23.6 Å². The summed E-state index contributed by atoms with van der Waals surface area (Å²) in [5, 5.41) is 52.4. The van der Waals surface area contributed by atoms with Crippen molar-refractivity contribution in [1.82, 2.24) is 26.6 Å². The number of carboxylic acid groups (broad SMARTS) is 3. The summed E-state index contributed by atoms with van der Waals surface area (Å²) in [6.45, 7) is 2.91. The van der Waals surface area contributed by atoms with Crippen LogP contribution in [0.3, 0.4) is 0 Å². The molecule has 4 aromatic carbocycles. The van der Waals surface area contributed by atoms with Crippen LogP contribution in [0.4, 0.5) is 22.7 Å². The van der Waals surface area contributed by atoms with Crippen LogP contribution in [-0.2, 0) is 43.7 Å². The Morgan fingerprint density at radius 3 is 1.70 bits per heavy atom. The number of aliphatic carboxylic acids is 3. The lowest BCUT2D eigenvalue weighted by atomic mass is 10.0. The molecule has 0 bridgehead atoms. The van der Waals surface area contributed by atoms with Crippen molar-refractivity contribution in [2.24, 2.45) is 16.1 Å². The van der Waals surface area contributed by atoms with Gasteiger partial charge < -0.3 is 52.1 Å². The molecule has 0 saturated heterocycles. The minimum Gasteiger partial charge on any atom is -0.481 e. The van der Waals surface area contributed by atoms with Gasteiger partial charge in [-0.25, -0.2) is 0 Å². The summed E-state index contributed by atoms with van der Waals surface area (Å²) in [5.74, 6) is -10.2. The number of carbonyl (C=O) groups is 8. The van der Waals surface area contributed by atoms with Crippen LogP contribution in [0.2, 0.25) is 0 Å². The Kier molecular flexibility index (Phi) is 19.2. The lowest BCUT2D eigenvalue weighted by Crippen LogP contribution is -2.59. The van der Waals surface area contributed by atoms with Crippen LogP contribution >= 0.6 is 0 Å². The molecule has 69 heavy (non-hydrogen) atoms. The molecule has 0 aliphatic rings. The molecule has 0 radical (unpaired) electrons. The van der Waals surface area contributed by atoms with Crippen molar-refractivity contribution in [2.75, 3.05) is 37.4 Å². The van der Waals surface area contributed by atoms with Crippen molar-refractivity contribution in [3.63, 3.8) is 0 Å². The zero-order valence-electron chi connectivity index (χ0n) is 37.8. The second-order valence-electron chi connectivity index (χ2n) is 16.0. The Morgan fingerprint density at radius 1 is 0.609 bits per heavy atom. The van der Waals surface area contributed by atoms with Crippen LogP contribution in [0.15, 0.2) is 100 Å². The second kappa shape index (κ2) is 24.7. The summed E-state index contributed by atoms with van der Waals surface area (Å²) in [4.78, 5) is 104. The van der Waals surface area contributed by atoms with Gasteiger partial charge in [0.1, 0.15) is 29.1 Å². The first kappa shape index (κ1) is 53.6. The van der Waals surface area contributed by atoms with Crippen molar-refractivity contribution >= 4 is 91.1 Å². The van der Waals surface area contributed by atoms with Gasteiger partial charge >= 0.3 is 17.9 Å². The highest BCUT2D eigenvalue weighted by Crippen LogP contribution is 2.29. The number of hydrogen-bond donors (Lipinski definition) is 10. The van der Waals surface area contributed by atoms with Gasteiger partial charge in [-0.3, -0.25) is 42.9 Å². The molecule has 0 aromatic heterocycles. The number of rotatable bonds is 25. The zero-order valence-corrected chi connectivity index (χ0v) is 38.7. The lowest BCUT2D eigenvalue weighted by molar-refractivity contribution is -0.142. The maximum atomic E-state index is 13.7. The molecule has 368 valence electrons. The van der Waals surface area contributed by atoms with Gasteiger partial charge in [0, 0.05) is 61.3 Å². The average Bonchev–Trinajstić information content (AvgIpc) is 3.28. The molecule has 0 unspecified atom stereocenters. The third-order valence-corrected chi connectivity index (χ3v) is 11.1. The summed E-state index contributed by atoms with van der Waals surface area (Å²) in [6, 6.07) is 15.2. The molecule has 4 aromatic rings. The normalized spacial score (nSPS) is 13.1. The summed E-state index contributed by atoms with van der Waals surface area (Å²) in [6.07, 6.45) is -3.08. The van der Waals surface area contributed by atoms with E-state index in [2.05, 4.69) is 42.1 Å². The van der Waals surface area contributed by atoms with Crippen molar-refractivity contribution in [3.05, 3.63) is 90.5 Å². The van der Waals surface area contributed by atoms with E-state index in [1.165, 1.54) is 56.3 Å². The highest BCUT2D eigenvalue weighted by atomic mass is 32.2. The molecule has 4 atom stereocenters. The van der Waals surface area contributed by atoms with E-state index in [1.807, 2.05) is 31.1 Å². The number of benzene rings is 4. The highest BCUT2D eigenvalue weighted by molar-refractivity contribution is 7.86. The molecule has 24 heteroatoms. The number of carbonyl (C=O) groups excluding carboxylic acids is 5. The smallest absolute Gasteiger partial charge is 0.305 e. The zero-order chi connectivity index (χ0) is 51.0. The third kappa shape index (κ3) is 16.4. The number of hydrogen-bond acceptors (Lipinski definition) is 14. The molecular formula is C45H53N9O14S. The fraction of sp³-hybridized carbons (Fsp3) is 0.333. The van der Waals surface area contributed by atoms with Crippen LogP contribution in [0.25, 0.3) is 10.8 Å². The van der Waals surface area contributed by atoms with E-state index in [9.17, 15) is 66.6 Å². The van der Waals surface area contributed by atoms with Gasteiger partial charge in [-0.15, -0.1) is 0 Å². The maximum absolute atomic E-state index is 13.7. The van der Waals surface area contributed by atoms with E-state index in [1.54, 1.807) is 30.3 Å². The highest BCUT2D eigenvalue weighted by Gasteiger charge is 2.34. The average molecular weight is 976 g/mol. The number of amides is 5. The standard InChI is InChI=1S/C45H53N9O14S/c1-25(2)40(45(65)50-34(23-38(57)58)42(62)47-22-21-46-32-9-5-8-31-30(32)7-6-10-36(31)69(66,67)68)51-43(63)33(19-20-37(55)56)48-44(64)35(24-39(59)60)49-41(61)26-11-13-27(14-12-26)52-53-28-15-17-29(18-16-28)54(3)4/h5-18,25,33-35,40,46H,19-24H2,1-4H3,(H,47,62)(H,48,64)(H,49,61)(H,50,65)(H,51,63)(H,55,56)(H,57,58)(H,59,60)(H,66,67,68)/t33-,34-,35-,40-/m0/s1. The predicted octanol–water partition coefficient (Wildman–Crippen LogP) is 2.82. The largest absolute Gasteiger partial charge is 0.481 e. The van der Waals surface area contributed by atoms with Gasteiger partial charge in [-0.05, 0) is 73.0 Å². The van der Waals surface area contributed by atoms with E-state index in [0.717, 1.165) is 5.69 Å². The number of nitrogens with zero attached hydrogens (tertiary/aromatic N) is 3. The topological polar surface area (TPSA) is 352 Å². The second-order valence-corrected chi connectivity index (χ2v) is 17.4. The van der Waals surface area contributed by atoms with E-state index in [4.69, 9.17) is 0 Å². The summed E-state index contributed by atoms with van der Waals surface area (Å²) in [7, 11) is -0.753. The van der Waals surface area contributed by atoms with E-state index >= 15 is 0 Å². The Bertz CT molecular complexity index is 2680. The first-order valence-electron chi connectivity index (χ1n) is 21.2. The van der Waals surface area contributed by atoms with Crippen molar-refractivity contribution in [2.45, 2.75) is 68.6 Å². The SMILES string of the molecule is CC(C)[C@H](NC(=O)[C@H](CCC(=O)O)NC(=O)[C@H](CC(=O)O)NC(=O)c1ccc(N=Nc2ccc(N(C)C)cc2)cc1)C(=O)N[C@@H](CC(=O)O)C(=O)NCCNc1cccc2c(S(=O)(=O)O)cccc12. The van der Waals surface area contributed by atoms with Crippen molar-refractivity contribution in [1.29, 1.82) is 0 Å². The minimum absolute atomic E-state index is 0.00468. The summed E-state index contributed by atoms with van der Waals surface area (Å²) >= 11 is 0. The lowest BCUT2D eigenvalue weighted by Gasteiger charge is -2.27. The summed E-state index contributed by atoms with van der Waals surface area (Å²) < 4.78 is 33.4. The maximum Gasteiger partial charge on any atom is 0.305 e. The molecule has 0 aliphatic carbocycles. The molecular weight excluding hydrogens is 923 g/mol. The third-order valence-electron chi connectivity index (χ3n) is 10.2. The molecule has 0 fully saturated rings. The van der Waals surface area contributed by atoms with Gasteiger partial charge in [0.05, 0.1) is 24.2 Å². The predicted molar refractivity (Wildman–Crippen MR) is 250 cm³/mol. The van der Waals surface area contributed by atoms with E-state index in [-0.39, 0.29) is 28.9 Å². The molecule has 0 aliphatic heterocycles. The molecule has 10 N–H and O–H groups in total. The number of anilines is 2. The Morgan fingerprint density at radius 2 is 1.14 bits per heavy atom. The quantitative estimate of drug-likeness (QED) is 0.0259. The number of azo groups is 1. The Hall–Kier alpha value is -7.99. The van der Waals surface area contributed by atoms with E-state index in [0.29, 0.717) is 22.4 Å².